The maximum absolute atomic E-state index is 10.0. The third kappa shape index (κ3) is 3.53. The summed E-state index contributed by atoms with van der Waals surface area (Å²) in [6.07, 6.45) is 0.0179. The number of nitriles is 1. The van der Waals surface area contributed by atoms with Crippen LogP contribution in [0.3, 0.4) is 0 Å². The normalized spacial score (nSPS) is 11.5. The van der Waals surface area contributed by atoms with E-state index >= 15 is 0 Å². The number of hydrogen-bond acceptors (Lipinski definition) is 4. The summed E-state index contributed by atoms with van der Waals surface area (Å²) in [6.45, 7) is 1.90. The van der Waals surface area contributed by atoms with E-state index in [0.717, 1.165) is 5.56 Å². The van der Waals surface area contributed by atoms with Crippen molar-refractivity contribution in [2.45, 2.75) is 19.4 Å². The van der Waals surface area contributed by atoms with Gasteiger partial charge in [0.15, 0.2) is 0 Å². The molecule has 0 saturated heterocycles. The first-order chi connectivity index (χ1) is 10.2. The molecule has 2 rings (SSSR count). The molecule has 4 heteroatoms. The van der Waals surface area contributed by atoms with Crippen LogP contribution in [0.5, 0.6) is 17.2 Å². The Hall–Kier alpha value is -2.51. The Morgan fingerprint density at radius 2 is 1.90 bits per heavy atom. The van der Waals surface area contributed by atoms with Gasteiger partial charge in [-0.3, -0.25) is 0 Å². The van der Waals surface area contributed by atoms with Gasteiger partial charge in [-0.25, -0.2) is 0 Å². The van der Waals surface area contributed by atoms with Gasteiger partial charge in [-0.2, -0.15) is 5.26 Å². The van der Waals surface area contributed by atoms with Gasteiger partial charge in [0.25, 0.3) is 0 Å². The van der Waals surface area contributed by atoms with Crippen LogP contribution in [0.15, 0.2) is 42.5 Å². The fourth-order valence-electron chi connectivity index (χ4n) is 2.01. The molecule has 1 atom stereocenters. The van der Waals surface area contributed by atoms with Crippen LogP contribution in [0, 0.1) is 11.3 Å². The van der Waals surface area contributed by atoms with Crippen LogP contribution in [-0.4, -0.2) is 12.2 Å². The van der Waals surface area contributed by atoms with Gasteiger partial charge in [0.05, 0.1) is 24.8 Å². The van der Waals surface area contributed by atoms with Gasteiger partial charge in [0.1, 0.15) is 17.2 Å². The summed E-state index contributed by atoms with van der Waals surface area (Å²) >= 11 is 0. The summed E-state index contributed by atoms with van der Waals surface area (Å²) in [5, 5.41) is 19.1. The number of ether oxygens (including phenoxy) is 2. The molecule has 4 nitrogen and oxygen atoms in total. The van der Waals surface area contributed by atoms with Gasteiger partial charge in [-0.05, 0) is 24.6 Å². The second-order valence-corrected chi connectivity index (χ2v) is 4.57. The zero-order chi connectivity index (χ0) is 15.2. The van der Waals surface area contributed by atoms with Crippen molar-refractivity contribution >= 4 is 0 Å². The fourth-order valence-corrected chi connectivity index (χ4v) is 2.01. The summed E-state index contributed by atoms with van der Waals surface area (Å²) in [7, 11) is 1.54. The van der Waals surface area contributed by atoms with Crippen LogP contribution in [-0.2, 0) is 0 Å². The molecule has 0 radical (unpaired) electrons. The van der Waals surface area contributed by atoms with Crippen molar-refractivity contribution < 1.29 is 14.6 Å². The number of rotatable bonds is 5. The fraction of sp³-hybridized carbons (Fsp3) is 0.235. The molecule has 0 spiro atoms. The molecule has 2 aromatic carbocycles. The highest BCUT2D eigenvalue weighted by atomic mass is 16.5. The summed E-state index contributed by atoms with van der Waals surface area (Å²) in [5.41, 5.74) is 1.18. The van der Waals surface area contributed by atoms with E-state index in [2.05, 4.69) is 6.07 Å². The van der Waals surface area contributed by atoms with E-state index in [9.17, 15) is 5.11 Å². The Kier molecular flexibility index (Phi) is 4.81. The highest BCUT2D eigenvalue weighted by Crippen LogP contribution is 2.32. The predicted molar refractivity (Wildman–Crippen MR) is 79.5 cm³/mol. The summed E-state index contributed by atoms with van der Waals surface area (Å²) < 4.78 is 11.0. The second kappa shape index (κ2) is 6.78. The Balaban J connectivity index is 2.37. The third-order valence-electron chi connectivity index (χ3n) is 3.14. The van der Waals surface area contributed by atoms with Gasteiger partial charge in [-0.15, -0.1) is 0 Å². The lowest BCUT2D eigenvalue weighted by molar-refractivity contribution is 0.170. The van der Waals surface area contributed by atoms with Crippen molar-refractivity contribution in [3.8, 4) is 23.3 Å². The average Bonchev–Trinajstić information content (AvgIpc) is 2.54. The highest BCUT2D eigenvalue weighted by molar-refractivity contribution is 5.46. The highest BCUT2D eigenvalue weighted by Gasteiger charge is 2.12. The third-order valence-corrected chi connectivity index (χ3v) is 3.14. The van der Waals surface area contributed by atoms with E-state index in [0.29, 0.717) is 29.2 Å². The Morgan fingerprint density at radius 3 is 2.57 bits per heavy atom. The van der Waals surface area contributed by atoms with Crippen molar-refractivity contribution in [3.63, 3.8) is 0 Å². The Labute approximate surface area is 124 Å². The maximum Gasteiger partial charge on any atom is 0.133 e. The van der Waals surface area contributed by atoms with Crippen molar-refractivity contribution in [2.24, 2.45) is 0 Å². The molecule has 0 aliphatic heterocycles. The maximum atomic E-state index is 10.0. The number of nitrogens with zero attached hydrogens (tertiary/aromatic N) is 1. The number of methoxy groups -OCH3 is 1. The topological polar surface area (TPSA) is 62.5 Å². The van der Waals surface area contributed by atoms with Gasteiger partial charge < -0.3 is 14.6 Å². The molecule has 0 aliphatic carbocycles. The molecule has 0 unspecified atom stereocenters. The number of aliphatic hydroxyl groups excluding tert-OH is 1. The lowest BCUT2D eigenvalue weighted by atomic mass is 10.1. The molecule has 2 aromatic rings. The number of aliphatic hydroxyl groups is 1. The molecule has 0 aliphatic rings. The van der Waals surface area contributed by atoms with Gasteiger partial charge in [0, 0.05) is 11.6 Å². The molecule has 21 heavy (non-hydrogen) atoms. The van der Waals surface area contributed by atoms with Crippen LogP contribution in [0.25, 0.3) is 0 Å². The number of hydrogen-bond donors (Lipinski definition) is 1. The predicted octanol–water partition coefficient (Wildman–Crippen LogP) is 3.80. The van der Waals surface area contributed by atoms with Crippen molar-refractivity contribution in [3.05, 3.63) is 53.6 Å². The zero-order valence-electron chi connectivity index (χ0n) is 12.0. The van der Waals surface area contributed by atoms with E-state index in [1.54, 1.807) is 24.3 Å². The quantitative estimate of drug-likeness (QED) is 0.906. The molecule has 108 valence electrons. The minimum Gasteiger partial charge on any atom is -0.497 e. The molecule has 0 amide bonds. The van der Waals surface area contributed by atoms with Crippen LogP contribution in [0.2, 0.25) is 0 Å². The van der Waals surface area contributed by atoms with E-state index in [1.165, 1.54) is 7.11 Å². The van der Waals surface area contributed by atoms with Crippen molar-refractivity contribution in [1.29, 1.82) is 5.26 Å². The van der Waals surface area contributed by atoms with Crippen LogP contribution < -0.4 is 9.47 Å². The van der Waals surface area contributed by atoms with Gasteiger partial charge in [-0.1, -0.05) is 25.1 Å². The van der Waals surface area contributed by atoms with Crippen LogP contribution in [0.1, 0.15) is 30.6 Å². The zero-order valence-corrected chi connectivity index (χ0v) is 12.0. The lowest BCUT2D eigenvalue weighted by Gasteiger charge is -2.15. The first-order valence-corrected chi connectivity index (χ1v) is 6.72. The molecular formula is C17H17NO3. The van der Waals surface area contributed by atoms with E-state index in [-0.39, 0.29) is 0 Å². The second-order valence-electron chi connectivity index (χ2n) is 4.57. The first-order valence-electron chi connectivity index (χ1n) is 6.72. The monoisotopic (exact) mass is 283 g/mol. The smallest absolute Gasteiger partial charge is 0.133 e. The minimum absolute atomic E-state index is 0.456. The largest absolute Gasteiger partial charge is 0.497 e. The molecule has 0 heterocycles. The molecule has 0 bridgehead atoms. The summed E-state index contributed by atoms with van der Waals surface area (Å²) in [5.74, 6) is 1.63. The first kappa shape index (κ1) is 14.9. The van der Waals surface area contributed by atoms with Gasteiger partial charge >= 0.3 is 0 Å². The standard InChI is InChI=1S/C17H17NO3/c1-3-16(19)15-6-4-5-7-17(15)21-14-9-12(11-18)8-13(10-14)20-2/h4-10,16,19H,3H2,1-2H3/t16-/m0/s1. The Morgan fingerprint density at radius 1 is 1.19 bits per heavy atom. The molecule has 1 N–H and O–H groups in total. The molecule has 0 saturated carbocycles. The molecular weight excluding hydrogens is 266 g/mol. The number of benzene rings is 2. The van der Waals surface area contributed by atoms with E-state index in [4.69, 9.17) is 14.7 Å². The van der Waals surface area contributed by atoms with Crippen LogP contribution in [0.4, 0.5) is 0 Å². The minimum atomic E-state index is -0.581. The van der Waals surface area contributed by atoms with E-state index < -0.39 is 6.10 Å². The van der Waals surface area contributed by atoms with Crippen LogP contribution >= 0.6 is 0 Å². The SMILES string of the molecule is CC[C@H](O)c1ccccc1Oc1cc(C#N)cc(OC)c1. The van der Waals surface area contributed by atoms with Crippen molar-refractivity contribution in [2.75, 3.05) is 7.11 Å². The lowest BCUT2D eigenvalue weighted by Crippen LogP contribution is -1.99. The summed E-state index contributed by atoms with van der Waals surface area (Å²) in [6, 6.07) is 14.4. The summed E-state index contributed by atoms with van der Waals surface area (Å²) in [4.78, 5) is 0. The number of para-hydroxylation sites is 1. The van der Waals surface area contributed by atoms with Gasteiger partial charge in [0.2, 0.25) is 0 Å². The van der Waals surface area contributed by atoms with Crippen molar-refractivity contribution in [1.82, 2.24) is 0 Å². The molecule has 0 fully saturated rings. The Bertz CT molecular complexity index is 661. The van der Waals surface area contributed by atoms with E-state index in [1.807, 2.05) is 25.1 Å². The molecule has 0 aromatic heterocycles. The average molecular weight is 283 g/mol.